The molecule has 4 heteroatoms. The molecule has 1 amide bonds. The highest BCUT2D eigenvalue weighted by molar-refractivity contribution is 5.79. The Balaban J connectivity index is 2.42. The Labute approximate surface area is 98.1 Å². The predicted molar refractivity (Wildman–Crippen MR) is 64.0 cm³/mol. The monoisotopic (exact) mass is 228 g/mol. The minimum atomic E-state index is 0.0197. The van der Waals surface area contributed by atoms with Gasteiger partial charge in [-0.05, 0) is 12.8 Å². The molecule has 2 N–H and O–H groups in total. The molecule has 1 aliphatic rings. The van der Waals surface area contributed by atoms with Crippen molar-refractivity contribution in [2.75, 3.05) is 33.4 Å². The molecular weight excluding hydrogens is 204 g/mol. The molecule has 0 aromatic carbocycles. The van der Waals surface area contributed by atoms with E-state index in [1.54, 1.807) is 7.11 Å². The van der Waals surface area contributed by atoms with Gasteiger partial charge in [-0.25, -0.2) is 0 Å². The van der Waals surface area contributed by atoms with Gasteiger partial charge in [-0.2, -0.15) is 0 Å². The second-order valence-corrected chi connectivity index (χ2v) is 4.62. The number of hydrogen-bond donors (Lipinski definition) is 1. The molecule has 0 radical (unpaired) electrons. The van der Waals surface area contributed by atoms with E-state index in [2.05, 4.69) is 6.92 Å². The number of nitrogens with two attached hydrogens (primary N) is 1. The molecular formula is C12H24N2O2. The first kappa shape index (κ1) is 13.5. The van der Waals surface area contributed by atoms with Gasteiger partial charge in [0.05, 0.1) is 12.5 Å². The summed E-state index contributed by atoms with van der Waals surface area (Å²) in [6.45, 7) is 5.02. The molecule has 0 aliphatic carbocycles. The van der Waals surface area contributed by atoms with Crippen LogP contribution in [0, 0.1) is 11.8 Å². The number of likely N-dealkylation sites (tertiary alicyclic amines) is 1. The molecule has 0 aromatic rings. The summed E-state index contributed by atoms with van der Waals surface area (Å²) < 4.78 is 5.13. The van der Waals surface area contributed by atoms with E-state index >= 15 is 0 Å². The van der Waals surface area contributed by atoms with Crippen LogP contribution >= 0.6 is 0 Å². The molecule has 0 spiro atoms. The largest absolute Gasteiger partial charge is 0.384 e. The molecule has 0 bridgehead atoms. The molecule has 94 valence electrons. The van der Waals surface area contributed by atoms with Crippen molar-refractivity contribution in [1.29, 1.82) is 0 Å². The maximum absolute atomic E-state index is 12.1. The third-order valence-corrected chi connectivity index (χ3v) is 3.27. The van der Waals surface area contributed by atoms with E-state index in [0.717, 1.165) is 39.0 Å². The van der Waals surface area contributed by atoms with Crippen molar-refractivity contribution in [3.63, 3.8) is 0 Å². The zero-order valence-corrected chi connectivity index (χ0v) is 10.4. The van der Waals surface area contributed by atoms with Crippen molar-refractivity contribution < 1.29 is 9.53 Å². The van der Waals surface area contributed by atoms with Crippen molar-refractivity contribution in [3.8, 4) is 0 Å². The lowest BCUT2D eigenvalue weighted by Crippen LogP contribution is -2.38. The van der Waals surface area contributed by atoms with Crippen LogP contribution in [0.15, 0.2) is 0 Å². The van der Waals surface area contributed by atoms with Gasteiger partial charge in [0.15, 0.2) is 0 Å². The van der Waals surface area contributed by atoms with E-state index in [-0.39, 0.29) is 11.8 Å². The Morgan fingerprint density at radius 2 is 2.38 bits per heavy atom. The minimum Gasteiger partial charge on any atom is -0.384 e. The minimum absolute atomic E-state index is 0.0197. The first-order chi connectivity index (χ1) is 7.72. The standard InChI is InChI=1S/C12H24N2O2/c1-3-4-11(7-13)12(15)14-6-5-10(8-14)9-16-2/h10-11H,3-9,13H2,1-2H3. The summed E-state index contributed by atoms with van der Waals surface area (Å²) in [6, 6.07) is 0. The van der Waals surface area contributed by atoms with Crippen LogP contribution in [0.25, 0.3) is 0 Å². The number of carbonyl (C=O) groups is 1. The Hall–Kier alpha value is -0.610. The Morgan fingerprint density at radius 1 is 1.62 bits per heavy atom. The summed E-state index contributed by atoms with van der Waals surface area (Å²) >= 11 is 0. The quantitative estimate of drug-likeness (QED) is 0.733. The number of amides is 1. The third-order valence-electron chi connectivity index (χ3n) is 3.27. The van der Waals surface area contributed by atoms with E-state index in [4.69, 9.17) is 10.5 Å². The molecule has 0 saturated carbocycles. The van der Waals surface area contributed by atoms with Crippen molar-refractivity contribution >= 4 is 5.91 Å². The Morgan fingerprint density at radius 3 is 2.94 bits per heavy atom. The van der Waals surface area contributed by atoms with Crippen LogP contribution in [-0.2, 0) is 9.53 Å². The third kappa shape index (κ3) is 3.46. The van der Waals surface area contributed by atoms with Gasteiger partial charge in [-0.1, -0.05) is 13.3 Å². The van der Waals surface area contributed by atoms with Crippen LogP contribution in [0.3, 0.4) is 0 Å². The number of hydrogen-bond acceptors (Lipinski definition) is 3. The van der Waals surface area contributed by atoms with Gasteiger partial charge in [-0.15, -0.1) is 0 Å². The Kier molecular flexibility index (Phi) is 5.77. The molecule has 1 rings (SSSR count). The van der Waals surface area contributed by atoms with Crippen LogP contribution in [-0.4, -0.2) is 44.2 Å². The SMILES string of the molecule is CCCC(CN)C(=O)N1CCC(COC)C1. The molecule has 16 heavy (non-hydrogen) atoms. The summed E-state index contributed by atoms with van der Waals surface area (Å²) in [4.78, 5) is 14.1. The molecule has 0 aromatic heterocycles. The van der Waals surface area contributed by atoms with Gasteiger partial charge in [-0.3, -0.25) is 4.79 Å². The maximum Gasteiger partial charge on any atom is 0.226 e. The molecule has 4 nitrogen and oxygen atoms in total. The van der Waals surface area contributed by atoms with Crippen molar-refractivity contribution in [2.45, 2.75) is 26.2 Å². The lowest BCUT2D eigenvalue weighted by molar-refractivity contribution is -0.134. The fourth-order valence-corrected chi connectivity index (χ4v) is 2.35. The van der Waals surface area contributed by atoms with Crippen molar-refractivity contribution in [3.05, 3.63) is 0 Å². The Bertz CT molecular complexity index is 221. The average Bonchev–Trinajstić information content (AvgIpc) is 2.74. The smallest absolute Gasteiger partial charge is 0.226 e. The lowest BCUT2D eigenvalue weighted by atomic mass is 10.0. The van der Waals surface area contributed by atoms with E-state index in [0.29, 0.717) is 12.5 Å². The van der Waals surface area contributed by atoms with E-state index in [9.17, 15) is 4.79 Å². The second-order valence-electron chi connectivity index (χ2n) is 4.62. The zero-order valence-electron chi connectivity index (χ0n) is 10.4. The molecule has 2 atom stereocenters. The van der Waals surface area contributed by atoms with Gasteiger partial charge < -0.3 is 15.4 Å². The van der Waals surface area contributed by atoms with Crippen LogP contribution in [0.5, 0.6) is 0 Å². The van der Waals surface area contributed by atoms with E-state index < -0.39 is 0 Å². The predicted octanol–water partition coefficient (Wildman–Crippen LogP) is 0.856. The fraction of sp³-hybridized carbons (Fsp3) is 0.917. The van der Waals surface area contributed by atoms with Gasteiger partial charge in [0, 0.05) is 32.7 Å². The normalized spacial score (nSPS) is 22.4. The van der Waals surface area contributed by atoms with Crippen LogP contribution < -0.4 is 5.73 Å². The highest BCUT2D eigenvalue weighted by Gasteiger charge is 2.29. The first-order valence-electron chi connectivity index (χ1n) is 6.20. The number of methoxy groups -OCH3 is 1. The van der Waals surface area contributed by atoms with Gasteiger partial charge in [0.1, 0.15) is 0 Å². The van der Waals surface area contributed by atoms with Gasteiger partial charge in [0.2, 0.25) is 5.91 Å². The van der Waals surface area contributed by atoms with Crippen molar-refractivity contribution in [1.82, 2.24) is 4.90 Å². The van der Waals surface area contributed by atoms with E-state index in [1.807, 2.05) is 4.90 Å². The number of rotatable bonds is 6. The summed E-state index contributed by atoms with van der Waals surface area (Å²) in [7, 11) is 1.71. The molecule has 1 fully saturated rings. The number of nitrogens with zero attached hydrogens (tertiary/aromatic N) is 1. The summed E-state index contributed by atoms with van der Waals surface area (Å²) in [5.74, 6) is 0.767. The summed E-state index contributed by atoms with van der Waals surface area (Å²) in [5.41, 5.74) is 5.65. The second kappa shape index (κ2) is 6.86. The maximum atomic E-state index is 12.1. The van der Waals surface area contributed by atoms with Gasteiger partial charge in [0.25, 0.3) is 0 Å². The first-order valence-corrected chi connectivity index (χ1v) is 6.20. The highest BCUT2D eigenvalue weighted by atomic mass is 16.5. The molecule has 1 saturated heterocycles. The topological polar surface area (TPSA) is 55.6 Å². The average molecular weight is 228 g/mol. The lowest BCUT2D eigenvalue weighted by Gasteiger charge is -2.22. The molecule has 1 aliphatic heterocycles. The van der Waals surface area contributed by atoms with Crippen molar-refractivity contribution in [2.24, 2.45) is 17.6 Å². The highest BCUT2D eigenvalue weighted by Crippen LogP contribution is 2.19. The van der Waals surface area contributed by atoms with Gasteiger partial charge >= 0.3 is 0 Å². The zero-order chi connectivity index (χ0) is 12.0. The summed E-state index contributed by atoms with van der Waals surface area (Å²) in [6.07, 6.45) is 2.98. The molecule has 2 unspecified atom stereocenters. The fourth-order valence-electron chi connectivity index (χ4n) is 2.35. The summed E-state index contributed by atoms with van der Waals surface area (Å²) in [5, 5.41) is 0. The van der Waals surface area contributed by atoms with Crippen LogP contribution in [0.2, 0.25) is 0 Å². The molecule has 1 heterocycles. The van der Waals surface area contributed by atoms with Crippen LogP contribution in [0.1, 0.15) is 26.2 Å². The van der Waals surface area contributed by atoms with Crippen LogP contribution in [0.4, 0.5) is 0 Å². The number of ether oxygens (including phenoxy) is 1. The van der Waals surface area contributed by atoms with E-state index in [1.165, 1.54) is 0 Å². The number of carbonyl (C=O) groups excluding carboxylic acids is 1.